The molecular formula is C56H62Cl2SiZr-4. The molecule has 0 nitrogen and oxygen atoms in total. The molecule has 4 heteroatoms. The van der Waals surface area contributed by atoms with Gasteiger partial charge in [-0.05, 0) is 24.0 Å². The fourth-order valence-corrected chi connectivity index (χ4v) is 8.00. The van der Waals surface area contributed by atoms with E-state index in [-0.39, 0.29) is 39.7 Å². The molecule has 0 aliphatic carbocycles. The van der Waals surface area contributed by atoms with Crippen LogP contribution in [0.1, 0.15) is 76.3 Å². The second-order valence-corrected chi connectivity index (χ2v) is 14.8. The molecule has 0 saturated carbocycles. The molecule has 0 unspecified atom stereocenters. The fourth-order valence-electron chi connectivity index (χ4n) is 8.00. The normalized spacial score (nSPS) is 10.1. The Balaban J connectivity index is 0.000000373. The van der Waals surface area contributed by atoms with E-state index in [0.717, 1.165) is 0 Å². The number of halogens is 2. The van der Waals surface area contributed by atoms with Gasteiger partial charge in [-0.25, -0.2) is 0 Å². The quantitative estimate of drug-likeness (QED) is 0.0579. The maximum atomic E-state index is 3.06. The van der Waals surface area contributed by atoms with Gasteiger partial charge in [0.1, 0.15) is 0 Å². The Morgan fingerprint density at radius 3 is 0.967 bits per heavy atom. The summed E-state index contributed by atoms with van der Waals surface area (Å²) in [6.45, 7) is 7.61. The summed E-state index contributed by atoms with van der Waals surface area (Å²) in [5.74, 6) is 0. The maximum absolute atomic E-state index is 3.06. The van der Waals surface area contributed by atoms with E-state index < -0.39 is 0 Å². The first kappa shape index (κ1) is 52.4. The number of hydrogen-bond acceptors (Lipinski definition) is 0. The molecule has 0 atom stereocenters. The molecule has 8 rings (SSSR count). The van der Waals surface area contributed by atoms with Crippen LogP contribution in [0.15, 0.2) is 170 Å². The SMILES string of the molecule is CCCCCCc1cc2c(-c3ccccc3)ccc(-c3ccccc3)c2[cH-]1.CCCCCCc1cc2c(-c3ccccc3)ccc(-c3ccccc3)c2[cH-]1.Cl.Cl.[CH3-].[CH3-].[Si]=[Zr]. The van der Waals surface area contributed by atoms with Crippen molar-refractivity contribution in [1.29, 1.82) is 0 Å². The molecule has 2 radical (unpaired) electrons. The Hall–Kier alpha value is -3.78. The Morgan fingerprint density at radius 2 is 0.667 bits per heavy atom. The van der Waals surface area contributed by atoms with Crippen LogP contribution in [0, 0.1) is 14.9 Å². The summed E-state index contributed by atoms with van der Waals surface area (Å²) in [5.41, 5.74) is 13.5. The number of fused-ring (bicyclic) bond motifs is 2. The van der Waals surface area contributed by atoms with Gasteiger partial charge in [0, 0.05) is 0 Å². The molecule has 8 aromatic rings. The predicted molar refractivity (Wildman–Crippen MR) is 270 cm³/mol. The van der Waals surface area contributed by atoms with E-state index in [1.165, 1.54) is 165 Å². The third-order valence-electron chi connectivity index (χ3n) is 10.9. The van der Waals surface area contributed by atoms with Gasteiger partial charge >= 0.3 is 30.2 Å². The van der Waals surface area contributed by atoms with Crippen LogP contribution in [0.25, 0.3) is 66.1 Å². The summed E-state index contributed by atoms with van der Waals surface area (Å²) in [7, 11) is 0. The Morgan fingerprint density at radius 1 is 0.383 bits per heavy atom. The molecule has 0 aliphatic heterocycles. The van der Waals surface area contributed by atoms with Gasteiger partial charge in [0.15, 0.2) is 0 Å². The minimum atomic E-state index is 0. The topological polar surface area (TPSA) is 0 Å². The molecule has 0 aromatic heterocycles. The van der Waals surface area contributed by atoms with Crippen LogP contribution in [0.5, 0.6) is 0 Å². The molecule has 0 aliphatic rings. The summed E-state index contributed by atoms with van der Waals surface area (Å²) in [6, 6.07) is 61.9. The van der Waals surface area contributed by atoms with Crippen molar-refractivity contribution >= 4 is 53.2 Å². The van der Waals surface area contributed by atoms with Crippen molar-refractivity contribution in [3.63, 3.8) is 0 Å². The van der Waals surface area contributed by atoms with E-state index in [1.54, 1.807) is 0 Å². The van der Waals surface area contributed by atoms with Crippen LogP contribution in [0.4, 0.5) is 0 Å². The monoisotopic (exact) mass is 922 g/mol. The van der Waals surface area contributed by atoms with Crippen molar-refractivity contribution in [2.24, 2.45) is 0 Å². The van der Waals surface area contributed by atoms with E-state index in [0.29, 0.717) is 0 Å². The number of benzene rings is 6. The summed E-state index contributed by atoms with van der Waals surface area (Å²) in [4.78, 5) is 0. The fraction of sp³-hybridized carbons (Fsp3) is 0.214. The second-order valence-electron chi connectivity index (χ2n) is 14.8. The standard InChI is InChI=1S/2C27H27.2CH3.2ClH.Si.Zr/c2*1-2-3-4-7-12-21-19-26-24(22-13-8-5-9-14-22)17-18-25(27(26)20-21)23-15-10-6-11-16-23;;;;;;/h2*5-6,8-11,13-20H,2-4,7,12H2,1H3;2*1H3;2*1H;;/q4*-1;;;;. The van der Waals surface area contributed by atoms with Crippen LogP contribution in [0.3, 0.4) is 0 Å². The molecule has 0 amide bonds. The Labute approximate surface area is 392 Å². The molecule has 312 valence electrons. The van der Waals surface area contributed by atoms with Crippen LogP contribution in [0.2, 0.25) is 0 Å². The van der Waals surface area contributed by atoms with Gasteiger partial charge in [-0.15, -0.1) is 69.6 Å². The van der Waals surface area contributed by atoms with Crippen LogP contribution >= 0.6 is 24.8 Å². The molecule has 60 heavy (non-hydrogen) atoms. The van der Waals surface area contributed by atoms with Gasteiger partial charge in [-0.1, -0.05) is 244 Å². The van der Waals surface area contributed by atoms with E-state index >= 15 is 0 Å². The van der Waals surface area contributed by atoms with Gasteiger partial charge in [-0.2, -0.15) is 12.1 Å². The van der Waals surface area contributed by atoms with E-state index in [4.69, 9.17) is 0 Å². The molecule has 0 N–H and O–H groups in total. The molecule has 8 aromatic carbocycles. The summed E-state index contributed by atoms with van der Waals surface area (Å²) < 4.78 is 0. The van der Waals surface area contributed by atoms with Gasteiger partial charge in [0.2, 0.25) is 0 Å². The van der Waals surface area contributed by atoms with E-state index in [9.17, 15) is 0 Å². The summed E-state index contributed by atoms with van der Waals surface area (Å²) in [5, 5.41) is 5.53. The predicted octanol–water partition coefficient (Wildman–Crippen LogP) is 17.4. The first-order valence-electron chi connectivity index (χ1n) is 20.6. The average molecular weight is 925 g/mol. The van der Waals surface area contributed by atoms with Gasteiger partial charge in [0.05, 0.1) is 0 Å². The van der Waals surface area contributed by atoms with Crippen LogP contribution < -0.4 is 0 Å². The van der Waals surface area contributed by atoms with Crippen LogP contribution in [-0.2, 0) is 36.2 Å². The summed E-state index contributed by atoms with van der Waals surface area (Å²) in [6.07, 6.45) is 12.8. The number of unbranched alkanes of at least 4 members (excludes halogenated alkanes) is 6. The Bertz CT molecular complexity index is 2040. The molecular weight excluding hydrogens is 863 g/mol. The van der Waals surface area contributed by atoms with Crippen molar-refractivity contribution < 1.29 is 23.3 Å². The third kappa shape index (κ3) is 13.6. The van der Waals surface area contributed by atoms with Crippen molar-refractivity contribution in [2.75, 3.05) is 0 Å². The van der Waals surface area contributed by atoms with Gasteiger partial charge in [0.25, 0.3) is 0 Å². The summed E-state index contributed by atoms with van der Waals surface area (Å²) >= 11 is 1.36. The van der Waals surface area contributed by atoms with Gasteiger partial charge in [-0.3, -0.25) is 0 Å². The van der Waals surface area contributed by atoms with Gasteiger partial charge < -0.3 is 14.9 Å². The van der Waals surface area contributed by atoms with Crippen molar-refractivity contribution in [3.8, 4) is 44.5 Å². The molecule has 0 heterocycles. The first-order valence-corrected chi connectivity index (χ1v) is 24.8. The number of hydrogen-bond donors (Lipinski definition) is 0. The van der Waals surface area contributed by atoms with Crippen LogP contribution in [-0.4, -0.2) is 6.88 Å². The second kappa shape index (κ2) is 27.9. The van der Waals surface area contributed by atoms with Crippen molar-refractivity contribution in [1.82, 2.24) is 0 Å². The Kier molecular flexibility index (Phi) is 24.4. The first-order chi connectivity index (χ1) is 27.7. The zero-order valence-electron chi connectivity index (χ0n) is 36.1. The minimum absolute atomic E-state index is 0. The number of rotatable bonds is 14. The molecule has 0 bridgehead atoms. The average Bonchev–Trinajstić information content (AvgIpc) is 3.90. The molecule has 0 saturated heterocycles. The molecule has 0 spiro atoms. The van der Waals surface area contributed by atoms with E-state index in [1.807, 2.05) is 0 Å². The zero-order valence-corrected chi connectivity index (χ0v) is 41.1. The van der Waals surface area contributed by atoms with Crippen molar-refractivity contribution in [2.45, 2.75) is 78.1 Å². The van der Waals surface area contributed by atoms with Crippen molar-refractivity contribution in [3.05, 3.63) is 196 Å². The van der Waals surface area contributed by atoms with E-state index in [2.05, 4.69) is 191 Å². The third-order valence-corrected chi connectivity index (χ3v) is 10.9. The zero-order chi connectivity index (χ0) is 39.0. The number of aryl methyl sites for hydroxylation is 2. The molecule has 0 fully saturated rings.